The van der Waals surface area contributed by atoms with Crippen LogP contribution in [0.15, 0.2) is 17.5 Å². The highest BCUT2D eigenvalue weighted by Crippen LogP contribution is 2.07. The Morgan fingerprint density at radius 1 is 1.33 bits per heavy atom. The number of methoxy groups -OCH3 is 1. The average molecular weight is 313 g/mol. The van der Waals surface area contributed by atoms with Crippen molar-refractivity contribution in [3.63, 3.8) is 0 Å². The maximum atomic E-state index is 11.9. The molecule has 0 atom stereocenters. The van der Waals surface area contributed by atoms with E-state index < -0.39 is 0 Å². The van der Waals surface area contributed by atoms with Gasteiger partial charge >= 0.3 is 0 Å². The Kier molecular flexibility index (Phi) is 7.96. The SMILES string of the molecule is COCCN(CC(=O)NCc1cccs1)CC(=O)N(C)C. The van der Waals surface area contributed by atoms with Crippen molar-refractivity contribution in [1.82, 2.24) is 15.1 Å². The summed E-state index contributed by atoms with van der Waals surface area (Å²) in [5.74, 6) is -0.122. The molecule has 1 heterocycles. The highest BCUT2D eigenvalue weighted by Gasteiger charge is 2.15. The lowest BCUT2D eigenvalue weighted by molar-refractivity contribution is -0.131. The van der Waals surface area contributed by atoms with Crippen LogP contribution in [0.1, 0.15) is 4.88 Å². The highest BCUT2D eigenvalue weighted by molar-refractivity contribution is 7.09. The van der Waals surface area contributed by atoms with E-state index in [2.05, 4.69) is 5.32 Å². The van der Waals surface area contributed by atoms with Gasteiger partial charge in [0.15, 0.2) is 0 Å². The van der Waals surface area contributed by atoms with Gasteiger partial charge in [0.2, 0.25) is 11.8 Å². The summed E-state index contributed by atoms with van der Waals surface area (Å²) in [6, 6.07) is 3.93. The monoisotopic (exact) mass is 313 g/mol. The van der Waals surface area contributed by atoms with Gasteiger partial charge in [0.1, 0.15) is 0 Å². The van der Waals surface area contributed by atoms with E-state index in [0.717, 1.165) is 4.88 Å². The fourth-order valence-corrected chi connectivity index (χ4v) is 2.27. The van der Waals surface area contributed by atoms with E-state index in [4.69, 9.17) is 4.74 Å². The van der Waals surface area contributed by atoms with Crippen molar-refractivity contribution >= 4 is 23.2 Å². The molecule has 0 unspecified atom stereocenters. The smallest absolute Gasteiger partial charge is 0.236 e. The van der Waals surface area contributed by atoms with Gasteiger partial charge in [0, 0.05) is 32.6 Å². The van der Waals surface area contributed by atoms with Crippen LogP contribution in [0.2, 0.25) is 0 Å². The molecule has 0 saturated carbocycles. The number of likely N-dealkylation sites (N-methyl/N-ethyl adjacent to an activating group) is 1. The molecule has 1 aromatic heterocycles. The van der Waals surface area contributed by atoms with Crippen molar-refractivity contribution in [2.75, 3.05) is 47.4 Å². The lowest BCUT2D eigenvalue weighted by atomic mass is 10.4. The molecule has 21 heavy (non-hydrogen) atoms. The van der Waals surface area contributed by atoms with Gasteiger partial charge in [-0.1, -0.05) is 6.07 Å². The number of nitrogens with zero attached hydrogens (tertiary/aromatic N) is 2. The highest BCUT2D eigenvalue weighted by atomic mass is 32.1. The number of hydrogen-bond acceptors (Lipinski definition) is 5. The van der Waals surface area contributed by atoms with E-state index in [0.29, 0.717) is 19.7 Å². The van der Waals surface area contributed by atoms with Gasteiger partial charge in [-0.15, -0.1) is 11.3 Å². The summed E-state index contributed by atoms with van der Waals surface area (Å²) < 4.78 is 5.02. The second-order valence-corrected chi connectivity index (χ2v) is 5.88. The zero-order chi connectivity index (χ0) is 15.7. The Morgan fingerprint density at radius 3 is 2.67 bits per heavy atom. The van der Waals surface area contributed by atoms with Gasteiger partial charge in [-0.2, -0.15) is 0 Å². The first-order valence-corrected chi connectivity index (χ1v) is 7.61. The lowest BCUT2D eigenvalue weighted by Gasteiger charge is -2.22. The number of carbonyl (C=O) groups excluding carboxylic acids is 2. The van der Waals surface area contributed by atoms with E-state index in [-0.39, 0.29) is 24.9 Å². The summed E-state index contributed by atoms with van der Waals surface area (Å²) >= 11 is 1.60. The Labute approximate surface area is 129 Å². The molecule has 2 amide bonds. The number of thiophene rings is 1. The first-order valence-electron chi connectivity index (χ1n) is 6.73. The normalized spacial score (nSPS) is 10.7. The molecule has 1 aromatic rings. The van der Waals surface area contributed by atoms with Crippen molar-refractivity contribution in [2.24, 2.45) is 0 Å². The second-order valence-electron chi connectivity index (χ2n) is 4.85. The quantitative estimate of drug-likeness (QED) is 0.717. The van der Waals surface area contributed by atoms with E-state index in [1.54, 1.807) is 37.4 Å². The summed E-state index contributed by atoms with van der Waals surface area (Å²) in [6.07, 6.45) is 0. The van der Waals surface area contributed by atoms with Gasteiger partial charge in [0.05, 0.1) is 26.2 Å². The molecular formula is C14H23N3O3S. The minimum Gasteiger partial charge on any atom is -0.383 e. The molecular weight excluding hydrogens is 290 g/mol. The van der Waals surface area contributed by atoms with Crippen molar-refractivity contribution in [3.8, 4) is 0 Å². The number of hydrogen-bond donors (Lipinski definition) is 1. The third-order valence-corrected chi connectivity index (χ3v) is 3.75. The molecule has 7 heteroatoms. The molecule has 1 rings (SSSR count). The van der Waals surface area contributed by atoms with Crippen LogP contribution >= 0.6 is 11.3 Å². The summed E-state index contributed by atoms with van der Waals surface area (Å²) in [7, 11) is 5.00. The van der Waals surface area contributed by atoms with Gasteiger partial charge in [0.25, 0.3) is 0 Å². The standard InChI is InChI=1S/C14H23N3O3S/c1-16(2)14(19)11-17(6-7-20-3)10-13(18)15-9-12-5-4-8-21-12/h4-5,8H,6-7,9-11H2,1-3H3,(H,15,18). The van der Waals surface area contributed by atoms with Gasteiger partial charge < -0.3 is 15.0 Å². The van der Waals surface area contributed by atoms with Gasteiger partial charge in [-0.3, -0.25) is 14.5 Å². The number of amides is 2. The third kappa shape index (κ3) is 7.22. The Morgan fingerprint density at radius 2 is 2.10 bits per heavy atom. The van der Waals surface area contributed by atoms with E-state index in [1.807, 2.05) is 17.5 Å². The molecule has 0 aliphatic carbocycles. The molecule has 0 bridgehead atoms. The van der Waals surface area contributed by atoms with Crippen LogP contribution in [-0.4, -0.2) is 69.1 Å². The van der Waals surface area contributed by atoms with Crippen LogP contribution in [-0.2, 0) is 20.9 Å². The predicted molar refractivity (Wildman–Crippen MR) is 83.2 cm³/mol. The fourth-order valence-electron chi connectivity index (χ4n) is 1.62. The minimum atomic E-state index is -0.0916. The van der Waals surface area contributed by atoms with Crippen LogP contribution in [0.5, 0.6) is 0 Å². The largest absolute Gasteiger partial charge is 0.383 e. The minimum absolute atomic E-state index is 0.0304. The maximum Gasteiger partial charge on any atom is 0.236 e. The second kappa shape index (κ2) is 9.49. The van der Waals surface area contributed by atoms with Crippen LogP contribution in [0.4, 0.5) is 0 Å². The summed E-state index contributed by atoms with van der Waals surface area (Å²) in [4.78, 5) is 28.1. The Hall–Kier alpha value is -1.44. The third-order valence-electron chi connectivity index (χ3n) is 2.88. The number of ether oxygens (including phenoxy) is 1. The number of nitrogens with one attached hydrogen (secondary N) is 1. The molecule has 0 fully saturated rings. The number of rotatable bonds is 9. The lowest BCUT2D eigenvalue weighted by Crippen LogP contribution is -2.43. The van der Waals surface area contributed by atoms with E-state index in [1.165, 1.54) is 4.90 Å². The molecule has 6 nitrogen and oxygen atoms in total. The summed E-state index contributed by atoms with van der Waals surface area (Å²) in [5, 5.41) is 4.83. The zero-order valence-electron chi connectivity index (χ0n) is 12.8. The average Bonchev–Trinajstić information content (AvgIpc) is 2.95. The zero-order valence-corrected chi connectivity index (χ0v) is 13.6. The first kappa shape index (κ1) is 17.6. The van der Waals surface area contributed by atoms with Crippen molar-refractivity contribution in [2.45, 2.75) is 6.54 Å². The molecule has 118 valence electrons. The van der Waals surface area contributed by atoms with Crippen LogP contribution in [0, 0.1) is 0 Å². The topological polar surface area (TPSA) is 61.9 Å². The number of carbonyl (C=O) groups is 2. The van der Waals surface area contributed by atoms with Crippen molar-refractivity contribution in [1.29, 1.82) is 0 Å². The van der Waals surface area contributed by atoms with E-state index in [9.17, 15) is 9.59 Å². The molecule has 0 spiro atoms. The van der Waals surface area contributed by atoms with Crippen LogP contribution in [0.3, 0.4) is 0 Å². The Balaban J connectivity index is 2.42. The first-order chi connectivity index (χ1) is 10.0. The van der Waals surface area contributed by atoms with Gasteiger partial charge in [-0.05, 0) is 11.4 Å². The molecule has 0 radical (unpaired) electrons. The van der Waals surface area contributed by atoms with Crippen molar-refractivity contribution < 1.29 is 14.3 Å². The molecule has 1 N–H and O–H groups in total. The van der Waals surface area contributed by atoms with Crippen LogP contribution in [0.25, 0.3) is 0 Å². The van der Waals surface area contributed by atoms with E-state index >= 15 is 0 Å². The van der Waals surface area contributed by atoms with Crippen molar-refractivity contribution in [3.05, 3.63) is 22.4 Å². The molecule has 0 aromatic carbocycles. The summed E-state index contributed by atoms with van der Waals surface area (Å²) in [6.45, 7) is 1.95. The Bertz CT molecular complexity index is 435. The maximum absolute atomic E-state index is 11.9. The van der Waals surface area contributed by atoms with Gasteiger partial charge in [-0.25, -0.2) is 0 Å². The molecule has 0 saturated heterocycles. The summed E-state index contributed by atoms with van der Waals surface area (Å²) in [5.41, 5.74) is 0. The molecule has 0 aliphatic rings. The predicted octanol–water partition coefficient (Wildman–Crippen LogP) is 0.401. The van der Waals surface area contributed by atoms with Crippen LogP contribution < -0.4 is 5.32 Å². The fraction of sp³-hybridized carbons (Fsp3) is 0.571. The molecule has 0 aliphatic heterocycles.